The van der Waals surface area contributed by atoms with Crippen molar-refractivity contribution in [3.63, 3.8) is 0 Å². The van der Waals surface area contributed by atoms with Crippen LogP contribution in [0, 0.1) is 6.92 Å². The van der Waals surface area contributed by atoms with Crippen LogP contribution in [0.1, 0.15) is 33.0 Å². The fourth-order valence-electron chi connectivity index (χ4n) is 1.76. The number of hydrogen-bond acceptors (Lipinski definition) is 4. The van der Waals surface area contributed by atoms with E-state index < -0.39 is 0 Å². The summed E-state index contributed by atoms with van der Waals surface area (Å²) in [5.74, 6) is 2.93. The van der Waals surface area contributed by atoms with Crippen molar-refractivity contribution in [2.45, 2.75) is 40.2 Å². The molecule has 0 radical (unpaired) electrons. The standard InChI is InChI=1S/C13H22ClN3O/c1-5-18-13-9-12(15-11(4)16-13)17(10(2)3)8-6-7-14/h9-10H,5-8H2,1-4H3. The van der Waals surface area contributed by atoms with E-state index in [1.54, 1.807) is 0 Å². The van der Waals surface area contributed by atoms with E-state index in [-0.39, 0.29) is 0 Å². The van der Waals surface area contributed by atoms with Gasteiger partial charge in [0.2, 0.25) is 5.88 Å². The average Bonchev–Trinajstić information content (AvgIpc) is 2.28. The number of ether oxygens (including phenoxy) is 1. The molecule has 0 aliphatic carbocycles. The van der Waals surface area contributed by atoms with Gasteiger partial charge in [-0.1, -0.05) is 0 Å². The Morgan fingerprint density at radius 3 is 2.67 bits per heavy atom. The smallest absolute Gasteiger partial charge is 0.218 e. The highest BCUT2D eigenvalue weighted by Gasteiger charge is 2.13. The van der Waals surface area contributed by atoms with Gasteiger partial charge in [0.15, 0.2) is 0 Å². The van der Waals surface area contributed by atoms with Crippen molar-refractivity contribution in [2.24, 2.45) is 0 Å². The molecule has 0 bridgehead atoms. The second kappa shape index (κ2) is 7.41. The van der Waals surface area contributed by atoms with E-state index in [2.05, 4.69) is 28.7 Å². The molecule has 0 aliphatic heterocycles. The predicted molar refractivity (Wildman–Crippen MR) is 75.8 cm³/mol. The molecule has 18 heavy (non-hydrogen) atoms. The maximum atomic E-state index is 5.77. The highest BCUT2D eigenvalue weighted by atomic mass is 35.5. The average molecular weight is 272 g/mol. The fourth-order valence-corrected chi connectivity index (χ4v) is 1.88. The molecule has 0 saturated heterocycles. The van der Waals surface area contributed by atoms with Crippen molar-refractivity contribution in [1.82, 2.24) is 9.97 Å². The van der Waals surface area contributed by atoms with Crippen molar-refractivity contribution in [2.75, 3.05) is 23.9 Å². The number of anilines is 1. The zero-order chi connectivity index (χ0) is 13.5. The van der Waals surface area contributed by atoms with Crippen LogP contribution >= 0.6 is 11.6 Å². The lowest BCUT2D eigenvalue weighted by atomic mass is 10.3. The third-order valence-electron chi connectivity index (χ3n) is 2.54. The van der Waals surface area contributed by atoms with Crippen molar-refractivity contribution in [1.29, 1.82) is 0 Å². The summed E-state index contributed by atoms with van der Waals surface area (Å²) in [6.45, 7) is 9.62. The van der Waals surface area contributed by atoms with Gasteiger partial charge in [0, 0.05) is 24.5 Å². The lowest BCUT2D eigenvalue weighted by molar-refractivity contribution is 0.325. The summed E-state index contributed by atoms with van der Waals surface area (Å²) in [7, 11) is 0. The van der Waals surface area contributed by atoms with E-state index >= 15 is 0 Å². The lowest BCUT2D eigenvalue weighted by Gasteiger charge is -2.28. The Hall–Kier alpha value is -1.03. The number of nitrogens with zero attached hydrogens (tertiary/aromatic N) is 3. The first-order valence-electron chi connectivity index (χ1n) is 6.39. The van der Waals surface area contributed by atoms with E-state index in [0.717, 1.165) is 24.6 Å². The summed E-state index contributed by atoms with van der Waals surface area (Å²) in [5, 5.41) is 0. The normalized spacial score (nSPS) is 10.8. The summed E-state index contributed by atoms with van der Waals surface area (Å²) >= 11 is 5.77. The fraction of sp³-hybridized carbons (Fsp3) is 0.692. The highest BCUT2D eigenvalue weighted by Crippen LogP contribution is 2.20. The molecule has 0 N–H and O–H groups in total. The molecule has 0 spiro atoms. The molecule has 4 nitrogen and oxygen atoms in total. The van der Waals surface area contributed by atoms with E-state index in [4.69, 9.17) is 16.3 Å². The molecule has 0 fully saturated rings. The van der Waals surface area contributed by atoms with Crippen LogP contribution in [0.5, 0.6) is 5.88 Å². The molecule has 0 aromatic carbocycles. The van der Waals surface area contributed by atoms with Gasteiger partial charge < -0.3 is 9.64 Å². The molecule has 0 saturated carbocycles. The summed E-state index contributed by atoms with van der Waals surface area (Å²) < 4.78 is 5.46. The van der Waals surface area contributed by atoms with Crippen LogP contribution < -0.4 is 9.64 Å². The van der Waals surface area contributed by atoms with E-state index in [1.165, 1.54) is 0 Å². The van der Waals surface area contributed by atoms with Crippen LogP contribution in [0.15, 0.2) is 6.07 Å². The van der Waals surface area contributed by atoms with Crippen LogP contribution in [0.2, 0.25) is 0 Å². The van der Waals surface area contributed by atoms with Gasteiger partial charge in [0.25, 0.3) is 0 Å². The quantitative estimate of drug-likeness (QED) is 0.715. The minimum atomic E-state index is 0.372. The third-order valence-corrected chi connectivity index (χ3v) is 2.81. The Morgan fingerprint density at radius 1 is 1.39 bits per heavy atom. The van der Waals surface area contributed by atoms with Gasteiger partial charge in [0.05, 0.1) is 6.61 Å². The summed E-state index contributed by atoms with van der Waals surface area (Å²) in [4.78, 5) is 11.0. The maximum Gasteiger partial charge on any atom is 0.218 e. The number of hydrogen-bond donors (Lipinski definition) is 0. The molecule has 102 valence electrons. The molecule has 1 heterocycles. The molecule has 1 aromatic rings. The second-order valence-corrected chi connectivity index (χ2v) is 4.75. The molecule has 0 atom stereocenters. The number of aromatic nitrogens is 2. The number of halogens is 1. The third kappa shape index (κ3) is 4.33. The number of aryl methyl sites for hydroxylation is 1. The summed E-state index contributed by atoms with van der Waals surface area (Å²) in [6.07, 6.45) is 0.937. The molecule has 0 aliphatic rings. The van der Waals surface area contributed by atoms with Gasteiger partial charge in [-0.25, -0.2) is 4.98 Å². The molecule has 1 aromatic heterocycles. The second-order valence-electron chi connectivity index (χ2n) is 4.37. The first-order chi connectivity index (χ1) is 8.58. The molecular weight excluding hydrogens is 250 g/mol. The van der Waals surface area contributed by atoms with E-state index in [9.17, 15) is 0 Å². The monoisotopic (exact) mass is 271 g/mol. The van der Waals surface area contributed by atoms with Gasteiger partial charge >= 0.3 is 0 Å². The largest absolute Gasteiger partial charge is 0.478 e. The van der Waals surface area contributed by atoms with Crippen molar-refractivity contribution >= 4 is 17.4 Å². The van der Waals surface area contributed by atoms with Crippen LogP contribution in [0.25, 0.3) is 0 Å². The molecule has 0 unspecified atom stereocenters. The Balaban J connectivity index is 2.95. The van der Waals surface area contributed by atoms with Gasteiger partial charge in [0.1, 0.15) is 11.6 Å². The van der Waals surface area contributed by atoms with Gasteiger partial charge in [-0.2, -0.15) is 4.98 Å². The van der Waals surface area contributed by atoms with Gasteiger partial charge in [-0.15, -0.1) is 11.6 Å². The van der Waals surface area contributed by atoms with E-state index in [0.29, 0.717) is 24.4 Å². The Morgan fingerprint density at radius 2 is 2.11 bits per heavy atom. The topological polar surface area (TPSA) is 38.2 Å². The Labute approximate surface area is 114 Å². The molecule has 1 rings (SSSR count). The van der Waals surface area contributed by atoms with E-state index in [1.807, 2.05) is 19.9 Å². The molecule has 0 amide bonds. The Kier molecular flexibility index (Phi) is 6.19. The molecule has 5 heteroatoms. The van der Waals surface area contributed by atoms with Crippen molar-refractivity contribution in [3.8, 4) is 5.88 Å². The van der Waals surface area contributed by atoms with Gasteiger partial charge in [-0.3, -0.25) is 0 Å². The predicted octanol–water partition coefficient (Wildman–Crippen LogP) is 3.03. The van der Waals surface area contributed by atoms with Crippen molar-refractivity contribution < 1.29 is 4.74 Å². The number of rotatable bonds is 7. The first kappa shape index (κ1) is 15.0. The zero-order valence-corrected chi connectivity index (χ0v) is 12.4. The molecular formula is C13H22ClN3O. The first-order valence-corrected chi connectivity index (χ1v) is 6.93. The van der Waals surface area contributed by atoms with Crippen LogP contribution in [0.4, 0.5) is 5.82 Å². The van der Waals surface area contributed by atoms with Crippen LogP contribution in [-0.2, 0) is 0 Å². The van der Waals surface area contributed by atoms with Crippen molar-refractivity contribution in [3.05, 3.63) is 11.9 Å². The minimum Gasteiger partial charge on any atom is -0.478 e. The highest BCUT2D eigenvalue weighted by molar-refractivity contribution is 6.17. The van der Waals surface area contributed by atoms with Crippen LogP contribution in [0.3, 0.4) is 0 Å². The summed E-state index contributed by atoms with van der Waals surface area (Å²) in [5.41, 5.74) is 0. The zero-order valence-electron chi connectivity index (χ0n) is 11.6. The summed E-state index contributed by atoms with van der Waals surface area (Å²) in [6, 6.07) is 2.27. The SMILES string of the molecule is CCOc1cc(N(CCCCl)C(C)C)nc(C)n1. The minimum absolute atomic E-state index is 0.372. The Bertz CT molecular complexity index is 371. The maximum absolute atomic E-state index is 5.77. The lowest BCUT2D eigenvalue weighted by Crippen LogP contribution is -2.33. The number of alkyl halides is 1. The van der Waals surface area contributed by atoms with Crippen LogP contribution in [-0.4, -0.2) is 35.0 Å². The van der Waals surface area contributed by atoms with Gasteiger partial charge in [-0.05, 0) is 34.1 Å².